The standard InChI is InChI=1S/C15H30N2O/c1-5-7-15(18)17-10-13(6-2)8-14(11-17)16-9-12(3)4/h12-14,16H,5-11H2,1-4H3. The van der Waals surface area contributed by atoms with Gasteiger partial charge in [-0.05, 0) is 31.2 Å². The van der Waals surface area contributed by atoms with E-state index < -0.39 is 0 Å². The van der Waals surface area contributed by atoms with Gasteiger partial charge in [-0.3, -0.25) is 4.79 Å². The molecule has 2 atom stereocenters. The Labute approximate surface area is 112 Å². The van der Waals surface area contributed by atoms with Gasteiger partial charge in [0.05, 0.1) is 0 Å². The number of nitrogens with one attached hydrogen (secondary N) is 1. The zero-order valence-corrected chi connectivity index (χ0v) is 12.5. The van der Waals surface area contributed by atoms with E-state index in [2.05, 4.69) is 37.9 Å². The predicted octanol–water partition coefficient (Wildman–Crippen LogP) is 2.66. The van der Waals surface area contributed by atoms with Gasteiger partial charge in [0.2, 0.25) is 5.91 Å². The number of hydrogen-bond donors (Lipinski definition) is 1. The average Bonchev–Trinajstić information content (AvgIpc) is 2.36. The van der Waals surface area contributed by atoms with Gasteiger partial charge in [0.1, 0.15) is 0 Å². The highest BCUT2D eigenvalue weighted by Crippen LogP contribution is 2.20. The zero-order valence-electron chi connectivity index (χ0n) is 12.5. The fourth-order valence-corrected chi connectivity index (χ4v) is 2.63. The molecule has 0 bridgehead atoms. The van der Waals surface area contributed by atoms with Gasteiger partial charge in [0, 0.05) is 25.6 Å². The molecular weight excluding hydrogens is 224 g/mol. The summed E-state index contributed by atoms with van der Waals surface area (Å²) in [4.78, 5) is 14.1. The molecule has 0 aromatic carbocycles. The van der Waals surface area contributed by atoms with Crippen LogP contribution in [0, 0.1) is 11.8 Å². The van der Waals surface area contributed by atoms with Crippen molar-refractivity contribution < 1.29 is 4.79 Å². The lowest BCUT2D eigenvalue weighted by atomic mass is 9.91. The fourth-order valence-electron chi connectivity index (χ4n) is 2.63. The topological polar surface area (TPSA) is 32.3 Å². The number of piperidine rings is 1. The molecule has 1 amide bonds. The summed E-state index contributed by atoms with van der Waals surface area (Å²) >= 11 is 0. The van der Waals surface area contributed by atoms with Crippen LogP contribution >= 0.6 is 0 Å². The van der Waals surface area contributed by atoms with Crippen molar-refractivity contribution in [3.63, 3.8) is 0 Å². The van der Waals surface area contributed by atoms with Crippen LogP contribution < -0.4 is 5.32 Å². The maximum atomic E-state index is 12.0. The number of likely N-dealkylation sites (tertiary alicyclic amines) is 1. The second kappa shape index (κ2) is 7.78. The van der Waals surface area contributed by atoms with Gasteiger partial charge >= 0.3 is 0 Å². The highest BCUT2D eigenvalue weighted by atomic mass is 16.2. The van der Waals surface area contributed by atoms with Gasteiger partial charge in [-0.25, -0.2) is 0 Å². The van der Waals surface area contributed by atoms with Crippen molar-refractivity contribution in [3.05, 3.63) is 0 Å². The Bertz CT molecular complexity index is 253. The summed E-state index contributed by atoms with van der Waals surface area (Å²) in [7, 11) is 0. The van der Waals surface area contributed by atoms with E-state index in [0.717, 1.165) is 26.1 Å². The molecule has 3 heteroatoms. The van der Waals surface area contributed by atoms with Crippen LogP contribution in [0.1, 0.15) is 53.4 Å². The van der Waals surface area contributed by atoms with Gasteiger partial charge in [0.25, 0.3) is 0 Å². The van der Waals surface area contributed by atoms with E-state index in [0.29, 0.717) is 30.2 Å². The number of nitrogens with zero attached hydrogens (tertiary/aromatic N) is 1. The van der Waals surface area contributed by atoms with Crippen LogP contribution in [-0.2, 0) is 4.79 Å². The summed E-state index contributed by atoms with van der Waals surface area (Å²) in [5, 5.41) is 3.62. The van der Waals surface area contributed by atoms with Crippen LogP contribution in [0.5, 0.6) is 0 Å². The van der Waals surface area contributed by atoms with Crippen molar-refractivity contribution >= 4 is 5.91 Å². The summed E-state index contributed by atoms with van der Waals surface area (Å²) < 4.78 is 0. The van der Waals surface area contributed by atoms with E-state index in [1.54, 1.807) is 0 Å². The van der Waals surface area contributed by atoms with Gasteiger partial charge in [0.15, 0.2) is 0 Å². The molecule has 1 rings (SSSR count). The lowest BCUT2D eigenvalue weighted by Gasteiger charge is -2.38. The fraction of sp³-hybridized carbons (Fsp3) is 0.933. The molecule has 1 aliphatic rings. The second-order valence-corrected chi connectivity index (χ2v) is 6.06. The van der Waals surface area contributed by atoms with Crippen molar-refractivity contribution in [2.75, 3.05) is 19.6 Å². The third kappa shape index (κ3) is 4.97. The molecule has 1 N–H and O–H groups in total. The molecule has 0 saturated carbocycles. The largest absolute Gasteiger partial charge is 0.341 e. The maximum Gasteiger partial charge on any atom is 0.222 e. The maximum absolute atomic E-state index is 12.0. The highest BCUT2D eigenvalue weighted by molar-refractivity contribution is 5.76. The van der Waals surface area contributed by atoms with Gasteiger partial charge in [-0.15, -0.1) is 0 Å². The Kier molecular flexibility index (Phi) is 6.69. The summed E-state index contributed by atoms with van der Waals surface area (Å²) in [6, 6.07) is 0.493. The molecule has 3 nitrogen and oxygen atoms in total. The Balaban J connectivity index is 2.51. The summed E-state index contributed by atoms with van der Waals surface area (Å²) in [5.74, 6) is 1.68. The summed E-state index contributed by atoms with van der Waals surface area (Å²) in [6.45, 7) is 11.7. The second-order valence-electron chi connectivity index (χ2n) is 6.06. The summed E-state index contributed by atoms with van der Waals surface area (Å²) in [5.41, 5.74) is 0. The lowest BCUT2D eigenvalue weighted by molar-refractivity contribution is -0.133. The molecule has 18 heavy (non-hydrogen) atoms. The highest BCUT2D eigenvalue weighted by Gasteiger charge is 2.28. The lowest BCUT2D eigenvalue weighted by Crippen LogP contribution is -2.51. The van der Waals surface area contributed by atoms with Crippen LogP contribution in [0.2, 0.25) is 0 Å². The Morgan fingerprint density at radius 1 is 1.33 bits per heavy atom. The summed E-state index contributed by atoms with van der Waals surface area (Å²) in [6.07, 6.45) is 4.05. The van der Waals surface area contributed by atoms with Crippen LogP contribution in [0.4, 0.5) is 0 Å². The molecule has 106 valence electrons. The number of amides is 1. The monoisotopic (exact) mass is 254 g/mol. The van der Waals surface area contributed by atoms with E-state index in [9.17, 15) is 4.79 Å². The molecule has 0 aliphatic carbocycles. The Morgan fingerprint density at radius 2 is 2.06 bits per heavy atom. The molecule has 0 aromatic heterocycles. The van der Waals surface area contributed by atoms with E-state index in [1.165, 1.54) is 12.8 Å². The normalized spacial score (nSPS) is 24.6. The first-order chi connectivity index (χ1) is 8.56. The van der Waals surface area contributed by atoms with Gasteiger partial charge < -0.3 is 10.2 Å². The minimum absolute atomic E-state index is 0.340. The Morgan fingerprint density at radius 3 is 2.61 bits per heavy atom. The van der Waals surface area contributed by atoms with E-state index in [1.807, 2.05) is 0 Å². The third-order valence-corrected chi connectivity index (χ3v) is 3.75. The predicted molar refractivity (Wildman–Crippen MR) is 76.5 cm³/mol. The average molecular weight is 254 g/mol. The molecule has 1 heterocycles. The van der Waals surface area contributed by atoms with E-state index in [4.69, 9.17) is 0 Å². The molecule has 0 aromatic rings. The van der Waals surface area contributed by atoms with E-state index in [-0.39, 0.29) is 0 Å². The molecule has 1 fully saturated rings. The smallest absolute Gasteiger partial charge is 0.222 e. The van der Waals surface area contributed by atoms with Crippen molar-refractivity contribution in [1.82, 2.24) is 10.2 Å². The first-order valence-corrected chi connectivity index (χ1v) is 7.57. The van der Waals surface area contributed by atoms with Crippen LogP contribution in [-0.4, -0.2) is 36.5 Å². The van der Waals surface area contributed by atoms with Gasteiger partial charge in [-0.1, -0.05) is 34.1 Å². The number of hydrogen-bond acceptors (Lipinski definition) is 2. The molecule has 1 aliphatic heterocycles. The van der Waals surface area contributed by atoms with Crippen LogP contribution in [0.15, 0.2) is 0 Å². The van der Waals surface area contributed by atoms with Crippen LogP contribution in [0.3, 0.4) is 0 Å². The molecule has 0 radical (unpaired) electrons. The van der Waals surface area contributed by atoms with E-state index >= 15 is 0 Å². The molecule has 0 spiro atoms. The van der Waals surface area contributed by atoms with Crippen LogP contribution in [0.25, 0.3) is 0 Å². The van der Waals surface area contributed by atoms with Crippen molar-refractivity contribution in [2.45, 2.75) is 59.4 Å². The van der Waals surface area contributed by atoms with Crippen molar-refractivity contribution in [2.24, 2.45) is 11.8 Å². The third-order valence-electron chi connectivity index (χ3n) is 3.75. The molecular formula is C15H30N2O. The first kappa shape index (κ1) is 15.5. The van der Waals surface area contributed by atoms with Crippen molar-refractivity contribution in [1.29, 1.82) is 0 Å². The molecule has 1 saturated heterocycles. The zero-order chi connectivity index (χ0) is 13.5. The quantitative estimate of drug-likeness (QED) is 0.790. The van der Waals surface area contributed by atoms with Crippen molar-refractivity contribution in [3.8, 4) is 0 Å². The number of rotatable bonds is 6. The number of carbonyl (C=O) groups is 1. The molecule has 2 unspecified atom stereocenters. The first-order valence-electron chi connectivity index (χ1n) is 7.57. The SMILES string of the molecule is CCCC(=O)N1CC(CC)CC(NCC(C)C)C1. The Hall–Kier alpha value is -0.570. The number of carbonyl (C=O) groups excluding carboxylic acids is 1. The minimum atomic E-state index is 0.340. The minimum Gasteiger partial charge on any atom is -0.341 e. The van der Waals surface area contributed by atoms with Gasteiger partial charge in [-0.2, -0.15) is 0 Å².